The van der Waals surface area contributed by atoms with Crippen LogP contribution in [0.2, 0.25) is 0 Å². The lowest BCUT2D eigenvalue weighted by molar-refractivity contribution is -0.175. The third-order valence-corrected chi connectivity index (χ3v) is 5.74. The molecule has 0 spiro atoms. The van der Waals surface area contributed by atoms with E-state index in [1.54, 1.807) is 13.0 Å². The van der Waals surface area contributed by atoms with Crippen molar-refractivity contribution in [2.24, 2.45) is 11.3 Å². The number of aliphatic hydroxyl groups excluding tert-OH is 1. The van der Waals surface area contributed by atoms with E-state index in [2.05, 4.69) is 6.58 Å². The predicted molar refractivity (Wildman–Crippen MR) is 88.8 cm³/mol. The van der Waals surface area contributed by atoms with Gasteiger partial charge in [-0.3, -0.25) is 9.59 Å². The molecule has 2 rings (SSSR count). The van der Waals surface area contributed by atoms with Crippen molar-refractivity contribution in [2.75, 3.05) is 0 Å². The molecule has 4 nitrogen and oxygen atoms in total. The minimum atomic E-state index is -1.93. The number of carbonyl (C=O) groups excluding carboxylic acids is 2. The summed E-state index contributed by atoms with van der Waals surface area (Å²) in [4.78, 5) is 25.2. The van der Waals surface area contributed by atoms with Crippen molar-refractivity contribution in [3.63, 3.8) is 0 Å². The smallest absolute Gasteiger partial charge is 0.186 e. The Hall–Kier alpha value is -1.26. The molecule has 0 amide bonds. The highest BCUT2D eigenvalue weighted by Gasteiger charge is 2.59. The van der Waals surface area contributed by atoms with E-state index in [9.17, 15) is 19.8 Å². The van der Waals surface area contributed by atoms with Gasteiger partial charge in [0.15, 0.2) is 17.2 Å². The van der Waals surface area contributed by atoms with E-state index in [1.807, 2.05) is 13.8 Å². The Morgan fingerprint density at radius 1 is 1.17 bits per heavy atom. The number of allylic oxidation sites excluding steroid dienone is 1. The van der Waals surface area contributed by atoms with Crippen molar-refractivity contribution in [2.45, 2.75) is 71.0 Å². The Bertz CT molecular complexity index is 558. The lowest BCUT2D eigenvalue weighted by Gasteiger charge is -2.49. The Labute approximate surface area is 138 Å². The van der Waals surface area contributed by atoms with Gasteiger partial charge in [0.25, 0.3) is 0 Å². The summed E-state index contributed by atoms with van der Waals surface area (Å²) < 4.78 is 0. The number of fused-ring (bicyclic) bond motifs is 2. The van der Waals surface area contributed by atoms with Gasteiger partial charge >= 0.3 is 0 Å². The predicted octanol–water partition coefficient (Wildman–Crippen LogP) is 2.73. The van der Waals surface area contributed by atoms with Gasteiger partial charge in [0.1, 0.15) is 0 Å². The molecule has 0 aliphatic heterocycles. The SMILES string of the molecule is C=C1CC[C@@H]2CCC(=O)[C@@](O)(C(=O)C/C(C)=C/[C@@H](O)C1)C2(C)C. The van der Waals surface area contributed by atoms with E-state index in [-0.39, 0.29) is 24.5 Å². The van der Waals surface area contributed by atoms with Crippen LogP contribution in [0.25, 0.3) is 0 Å². The van der Waals surface area contributed by atoms with Crippen molar-refractivity contribution in [3.05, 3.63) is 23.8 Å². The fraction of sp³-hybridized carbons (Fsp3) is 0.684. The molecule has 3 atom stereocenters. The Balaban J connectivity index is 2.46. The zero-order chi connectivity index (χ0) is 17.4. The molecule has 4 heteroatoms. The van der Waals surface area contributed by atoms with Crippen LogP contribution in [0.1, 0.15) is 59.3 Å². The average molecular weight is 320 g/mol. The number of hydrogen-bond donors (Lipinski definition) is 2. The second-order valence-electron chi connectivity index (χ2n) is 7.76. The molecule has 2 aliphatic carbocycles. The largest absolute Gasteiger partial charge is 0.389 e. The summed E-state index contributed by atoms with van der Waals surface area (Å²) in [5.74, 6) is -0.739. The normalized spacial score (nSPS) is 38.3. The molecule has 2 bridgehead atoms. The Kier molecular flexibility index (Phi) is 4.97. The Morgan fingerprint density at radius 3 is 2.43 bits per heavy atom. The lowest BCUT2D eigenvalue weighted by Crippen LogP contribution is -2.62. The monoisotopic (exact) mass is 320 g/mol. The van der Waals surface area contributed by atoms with Gasteiger partial charge in [-0.2, -0.15) is 0 Å². The molecule has 23 heavy (non-hydrogen) atoms. The van der Waals surface area contributed by atoms with Gasteiger partial charge in [-0.15, -0.1) is 0 Å². The molecule has 0 radical (unpaired) electrons. The maximum Gasteiger partial charge on any atom is 0.186 e. The first kappa shape index (κ1) is 18.1. The summed E-state index contributed by atoms with van der Waals surface area (Å²) in [7, 11) is 0. The molecule has 0 aromatic heterocycles. The summed E-state index contributed by atoms with van der Waals surface area (Å²) in [6.07, 6.45) is 3.87. The summed E-state index contributed by atoms with van der Waals surface area (Å²) in [5, 5.41) is 21.2. The van der Waals surface area contributed by atoms with Crippen molar-refractivity contribution in [1.82, 2.24) is 0 Å². The van der Waals surface area contributed by atoms with Gasteiger partial charge in [0.05, 0.1) is 6.10 Å². The quantitative estimate of drug-likeness (QED) is 0.531. The van der Waals surface area contributed by atoms with Crippen molar-refractivity contribution >= 4 is 11.6 Å². The Morgan fingerprint density at radius 2 is 1.78 bits per heavy atom. The maximum atomic E-state index is 12.8. The third kappa shape index (κ3) is 3.20. The van der Waals surface area contributed by atoms with Gasteiger partial charge in [-0.05, 0) is 38.5 Å². The molecule has 0 aromatic rings. The zero-order valence-electron chi connectivity index (χ0n) is 14.4. The van der Waals surface area contributed by atoms with E-state index in [0.29, 0.717) is 18.4 Å². The fourth-order valence-electron chi connectivity index (χ4n) is 4.13. The van der Waals surface area contributed by atoms with Crippen LogP contribution in [-0.4, -0.2) is 33.5 Å². The van der Waals surface area contributed by atoms with Crippen LogP contribution >= 0.6 is 0 Å². The standard InChI is InChI=1S/C19H28O4/c1-12-5-6-14-7-8-16(21)19(23,18(14,3)4)17(22)11-13(2)10-15(20)9-12/h10,14-15,20,23H,1,5-9,11H2,2-4H3/b13-10+/t14-,15+,19-/m1/s1. The van der Waals surface area contributed by atoms with Crippen LogP contribution in [-0.2, 0) is 9.59 Å². The summed E-state index contributed by atoms with van der Waals surface area (Å²) in [6, 6.07) is 0. The molecule has 0 aromatic carbocycles. The second-order valence-corrected chi connectivity index (χ2v) is 7.76. The molecule has 0 saturated heterocycles. The summed E-state index contributed by atoms with van der Waals surface area (Å²) in [5.41, 5.74) is -1.09. The topological polar surface area (TPSA) is 74.6 Å². The van der Waals surface area contributed by atoms with E-state index >= 15 is 0 Å². The van der Waals surface area contributed by atoms with Crippen LogP contribution in [0.3, 0.4) is 0 Å². The van der Waals surface area contributed by atoms with Crippen LogP contribution in [0.15, 0.2) is 23.8 Å². The second kappa shape index (κ2) is 6.33. The highest BCUT2D eigenvalue weighted by atomic mass is 16.3. The van der Waals surface area contributed by atoms with Crippen LogP contribution in [0, 0.1) is 11.3 Å². The maximum absolute atomic E-state index is 12.8. The molecule has 0 heterocycles. The highest BCUT2D eigenvalue weighted by molar-refractivity contribution is 6.12. The number of rotatable bonds is 0. The number of Topliss-reactive ketones (excluding diaryl/α,β-unsaturated/α-hetero) is 2. The molecule has 128 valence electrons. The number of ketones is 2. The minimum absolute atomic E-state index is 0.0120. The summed E-state index contributed by atoms with van der Waals surface area (Å²) >= 11 is 0. The third-order valence-electron chi connectivity index (χ3n) is 5.74. The van der Waals surface area contributed by atoms with Gasteiger partial charge in [-0.1, -0.05) is 37.6 Å². The first-order valence-corrected chi connectivity index (χ1v) is 8.40. The lowest BCUT2D eigenvalue weighted by atomic mass is 9.56. The van der Waals surface area contributed by atoms with Gasteiger partial charge in [0.2, 0.25) is 0 Å². The fourth-order valence-corrected chi connectivity index (χ4v) is 4.13. The summed E-state index contributed by atoms with van der Waals surface area (Å²) in [6.45, 7) is 9.44. The first-order valence-electron chi connectivity index (χ1n) is 8.40. The van der Waals surface area contributed by atoms with Crippen LogP contribution < -0.4 is 0 Å². The molecule has 2 N–H and O–H groups in total. The van der Waals surface area contributed by atoms with E-state index < -0.39 is 22.9 Å². The molecular weight excluding hydrogens is 292 g/mol. The van der Waals surface area contributed by atoms with Crippen molar-refractivity contribution in [1.29, 1.82) is 0 Å². The number of hydrogen-bond acceptors (Lipinski definition) is 4. The van der Waals surface area contributed by atoms with Crippen LogP contribution in [0.5, 0.6) is 0 Å². The van der Waals surface area contributed by atoms with Gasteiger partial charge in [-0.25, -0.2) is 0 Å². The van der Waals surface area contributed by atoms with Crippen LogP contribution in [0.4, 0.5) is 0 Å². The van der Waals surface area contributed by atoms with E-state index in [1.165, 1.54) is 0 Å². The number of carbonyl (C=O) groups is 2. The average Bonchev–Trinajstić information content (AvgIpc) is 2.42. The molecular formula is C19H28O4. The van der Waals surface area contributed by atoms with Crippen molar-refractivity contribution in [3.8, 4) is 0 Å². The van der Waals surface area contributed by atoms with Gasteiger partial charge in [0, 0.05) is 18.3 Å². The molecule has 1 saturated carbocycles. The van der Waals surface area contributed by atoms with Crippen molar-refractivity contribution < 1.29 is 19.8 Å². The molecule has 0 unspecified atom stereocenters. The number of aliphatic hydroxyl groups is 2. The minimum Gasteiger partial charge on any atom is -0.389 e. The zero-order valence-corrected chi connectivity index (χ0v) is 14.4. The van der Waals surface area contributed by atoms with E-state index in [4.69, 9.17) is 0 Å². The van der Waals surface area contributed by atoms with Gasteiger partial charge < -0.3 is 10.2 Å². The first-order chi connectivity index (χ1) is 10.6. The molecule has 1 fully saturated rings. The highest BCUT2D eigenvalue weighted by Crippen LogP contribution is 2.49. The van der Waals surface area contributed by atoms with E-state index in [0.717, 1.165) is 18.4 Å². The molecule has 2 aliphatic rings.